The van der Waals surface area contributed by atoms with Gasteiger partial charge in [-0.05, 0) is 43.9 Å². The Morgan fingerprint density at radius 2 is 2.00 bits per heavy atom. The van der Waals surface area contributed by atoms with E-state index in [1.165, 1.54) is 6.07 Å². The molecule has 0 amide bonds. The zero-order chi connectivity index (χ0) is 12.6. The van der Waals surface area contributed by atoms with E-state index in [-0.39, 0.29) is 11.8 Å². The van der Waals surface area contributed by atoms with Gasteiger partial charge in [0.05, 0.1) is 17.4 Å². The molecule has 0 aliphatic heterocycles. The number of hydrogen-bond donors (Lipinski definition) is 1. The molecule has 5 heteroatoms. The highest BCUT2D eigenvalue weighted by Gasteiger charge is 2.32. The van der Waals surface area contributed by atoms with Crippen molar-refractivity contribution in [3.05, 3.63) is 23.8 Å². The number of rotatable bonds is 3. The fraction of sp³-hybridized carbons (Fsp3) is 0.500. The number of ether oxygens (including phenoxy) is 1. The summed E-state index contributed by atoms with van der Waals surface area (Å²) in [6.07, 6.45) is -2.13. The fourth-order valence-electron chi connectivity index (χ4n) is 1.69. The van der Waals surface area contributed by atoms with E-state index in [4.69, 9.17) is 10.5 Å². The van der Waals surface area contributed by atoms with E-state index in [1.54, 1.807) is 0 Å². The Balaban J connectivity index is 2.13. The van der Waals surface area contributed by atoms with E-state index in [1.807, 2.05) is 6.92 Å². The minimum Gasteiger partial charge on any atom is -0.488 e. The van der Waals surface area contributed by atoms with E-state index in [0.29, 0.717) is 11.7 Å². The van der Waals surface area contributed by atoms with Gasteiger partial charge in [0, 0.05) is 0 Å². The molecule has 1 aliphatic rings. The molecule has 1 unspecified atom stereocenters. The highest BCUT2D eigenvalue weighted by Crippen LogP contribution is 2.37. The van der Waals surface area contributed by atoms with Crippen molar-refractivity contribution < 1.29 is 17.9 Å². The predicted octanol–water partition coefficient (Wildman–Crippen LogP) is 3.46. The van der Waals surface area contributed by atoms with E-state index < -0.39 is 11.7 Å². The molecule has 2 rings (SSSR count). The molecule has 0 spiro atoms. The largest absolute Gasteiger partial charge is 0.488 e. The van der Waals surface area contributed by atoms with Crippen LogP contribution in [-0.4, -0.2) is 6.10 Å². The molecule has 0 bridgehead atoms. The predicted molar refractivity (Wildman–Crippen MR) is 58.7 cm³/mol. The van der Waals surface area contributed by atoms with Crippen LogP contribution in [-0.2, 0) is 6.18 Å². The number of benzene rings is 1. The molecule has 0 aromatic heterocycles. The Hall–Kier alpha value is -1.39. The molecular formula is C12H14F3NO. The number of halogens is 3. The van der Waals surface area contributed by atoms with Crippen molar-refractivity contribution in [3.8, 4) is 5.75 Å². The van der Waals surface area contributed by atoms with Crippen molar-refractivity contribution in [3.63, 3.8) is 0 Å². The van der Waals surface area contributed by atoms with Gasteiger partial charge in [-0.2, -0.15) is 13.2 Å². The standard InChI is InChI=1S/C12H14F3NO/c1-7(8-2-3-8)17-11-5-4-9(6-10(11)16)12(13,14)15/h4-8H,2-3,16H2,1H3. The lowest BCUT2D eigenvalue weighted by Gasteiger charge is -2.16. The third-order valence-electron chi connectivity index (χ3n) is 2.94. The van der Waals surface area contributed by atoms with Crippen LogP contribution in [0.25, 0.3) is 0 Å². The zero-order valence-electron chi connectivity index (χ0n) is 9.42. The molecule has 0 heterocycles. The Kier molecular flexibility index (Phi) is 2.93. The average molecular weight is 245 g/mol. The molecule has 94 valence electrons. The lowest BCUT2D eigenvalue weighted by atomic mass is 10.2. The van der Waals surface area contributed by atoms with Crippen molar-refractivity contribution in [2.45, 2.75) is 32.0 Å². The van der Waals surface area contributed by atoms with Gasteiger partial charge in [0.2, 0.25) is 0 Å². The van der Waals surface area contributed by atoms with Crippen LogP contribution >= 0.6 is 0 Å². The van der Waals surface area contributed by atoms with E-state index >= 15 is 0 Å². The zero-order valence-corrected chi connectivity index (χ0v) is 9.42. The SMILES string of the molecule is CC(Oc1ccc(C(F)(F)F)cc1N)C1CC1. The Bertz CT molecular complexity index is 413. The molecule has 1 atom stereocenters. The highest BCUT2D eigenvalue weighted by atomic mass is 19.4. The number of nitrogen functional groups attached to an aromatic ring is 1. The van der Waals surface area contributed by atoms with E-state index in [2.05, 4.69) is 0 Å². The molecule has 17 heavy (non-hydrogen) atoms. The van der Waals surface area contributed by atoms with Gasteiger partial charge >= 0.3 is 6.18 Å². The van der Waals surface area contributed by atoms with Gasteiger partial charge in [-0.1, -0.05) is 0 Å². The average Bonchev–Trinajstić information content (AvgIpc) is 3.02. The van der Waals surface area contributed by atoms with Crippen molar-refractivity contribution in [1.82, 2.24) is 0 Å². The highest BCUT2D eigenvalue weighted by molar-refractivity contribution is 5.54. The van der Waals surface area contributed by atoms with Gasteiger partial charge in [0.1, 0.15) is 5.75 Å². The minimum atomic E-state index is -4.37. The first-order valence-corrected chi connectivity index (χ1v) is 5.51. The number of hydrogen-bond acceptors (Lipinski definition) is 2. The molecule has 1 aromatic rings. The topological polar surface area (TPSA) is 35.2 Å². The molecule has 0 saturated heterocycles. The second kappa shape index (κ2) is 4.13. The third-order valence-corrected chi connectivity index (χ3v) is 2.94. The quantitative estimate of drug-likeness (QED) is 0.827. The maximum absolute atomic E-state index is 12.4. The van der Waals surface area contributed by atoms with Gasteiger partial charge in [-0.3, -0.25) is 0 Å². The maximum atomic E-state index is 12.4. The Morgan fingerprint density at radius 3 is 2.47 bits per heavy atom. The molecule has 1 aliphatic carbocycles. The van der Waals surface area contributed by atoms with Crippen LogP contribution in [0.2, 0.25) is 0 Å². The van der Waals surface area contributed by atoms with Crippen molar-refractivity contribution >= 4 is 5.69 Å². The summed E-state index contributed by atoms with van der Waals surface area (Å²) < 4.78 is 42.8. The van der Waals surface area contributed by atoms with Gasteiger partial charge in [0.15, 0.2) is 0 Å². The summed E-state index contributed by atoms with van der Waals surface area (Å²) in [6.45, 7) is 1.91. The maximum Gasteiger partial charge on any atom is 0.416 e. The first-order chi connectivity index (χ1) is 7.88. The van der Waals surface area contributed by atoms with Crippen LogP contribution in [0.15, 0.2) is 18.2 Å². The summed E-state index contributed by atoms with van der Waals surface area (Å²) in [5, 5.41) is 0. The lowest BCUT2D eigenvalue weighted by molar-refractivity contribution is -0.137. The summed E-state index contributed by atoms with van der Waals surface area (Å²) >= 11 is 0. The number of anilines is 1. The second-order valence-electron chi connectivity index (χ2n) is 4.41. The van der Waals surface area contributed by atoms with E-state index in [9.17, 15) is 13.2 Å². The van der Waals surface area contributed by atoms with Crippen LogP contribution in [0.5, 0.6) is 5.75 Å². The Morgan fingerprint density at radius 1 is 1.35 bits per heavy atom. The summed E-state index contributed by atoms with van der Waals surface area (Å²) in [5.41, 5.74) is 4.85. The first-order valence-electron chi connectivity index (χ1n) is 5.51. The summed E-state index contributed by atoms with van der Waals surface area (Å²) in [5.74, 6) is 0.842. The number of nitrogens with two attached hydrogens (primary N) is 1. The summed E-state index contributed by atoms with van der Waals surface area (Å²) in [4.78, 5) is 0. The van der Waals surface area contributed by atoms with E-state index in [0.717, 1.165) is 25.0 Å². The van der Waals surface area contributed by atoms with Crippen molar-refractivity contribution in [2.24, 2.45) is 5.92 Å². The molecule has 1 aromatic carbocycles. The molecule has 1 fully saturated rings. The van der Waals surface area contributed by atoms with Crippen LogP contribution in [0.4, 0.5) is 18.9 Å². The lowest BCUT2D eigenvalue weighted by Crippen LogP contribution is -2.15. The minimum absolute atomic E-state index is 0.00837. The number of alkyl halides is 3. The van der Waals surface area contributed by atoms with Gasteiger partial charge < -0.3 is 10.5 Å². The van der Waals surface area contributed by atoms with Crippen molar-refractivity contribution in [1.29, 1.82) is 0 Å². The van der Waals surface area contributed by atoms with Crippen LogP contribution in [0, 0.1) is 5.92 Å². The second-order valence-corrected chi connectivity index (χ2v) is 4.41. The normalized spacial score (nSPS) is 17.9. The van der Waals surface area contributed by atoms with Crippen LogP contribution < -0.4 is 10.5 Å². The molecular weight excluding hydrogens is 231 g/mol. The summed E-state index contributed by atoms with van der Waals surface area (Å²) in [7, 11) is 0. The van der Waals surface area contributed by atoms with Crippen LogP contribution in [0.3, 0.4) is 0 Å². The first kappa shape index (κ1) is 12.1. The molecule has 2 N–H and O–H groups in total. The van der Waals surface area contributed by atoms with Gasteiger partial charge in [-0.15, -0.1) is 0 Å². The fourth-order valence-corrected chi connectivity index (χ4v) is 1.69. The van der Waals surface area contributed by atoms with Gasteiger partial charge in [0.25, 0.3) is 0 Å². The van der Waals surface area contributed by atoms with Crippen molar-refractivity contribution in [2.75, 3.05) is 5.73 Å². The molecule has 1 saturated carbocycles. The smallest absolute Gasteiger partial charge is 0.416 e. The monoisotopic (exact) mass is 245 g/mol. The van der Waals surface area contributed by atoms with Crippen LogP contribution in [0.1, 0.15) is 25.3 Å². The molecule has 2 nitrogen and oxygen atoms in total. The molecule has 0 radical (unpaired) electrons. The third kappa shape index (κ3) is 2.84. The summed E-state index contributed by atoms with van der Waals surface area (Å²) in [6, 6.07) is 3.19. The Labute approximate surface area is 97.6 Å². The van der Waals surface area contributed by atoms with Gasteiger partial charge in [-0.25, -0.2) is 0 Å².